The lowest BCUT2D eigenvalue weighted by Crippen LogP contribution is -1.91. The molecule has 0 N–H and O–H groups in total. The van der Waals surface area contributed by atoms with Crippen LogP contribution < -0.4 is 4.74 Å². The number of hydrogen-bond acceptors (Lipinski definition) is 3. The Morgan fingerprint density at radius 2 is 2.00 bits per heavy atom. The molecule has 0 bridgehead atoms. The quantitative estimate of drug-likeness (QED) is 0.521. The van der Waals surface area contributed by atoms with Gasteiger partial charge in [0.25, 0.3) is 0 Å². The molecule has 0 saturated carbocycles. The van der Waals surface area contributed by atoms with E-state index in [-0.39, 0.29) is 0 Å². The number of imidazole rings is 1. The summed E-state index contributed by atoms with van der Waals surface area (Å²) in [6.07, 6.45) is 3.98. The molecule has 0 unspecified atom stereocenters. The van der Waals surface area contributed by atoms with E-state index in [0.717, 1.165) is 17.1 Å². The maximum absolute atomic E-state index is 6.02. The first-order valence-electron chi connectivity index (χ1n) is 6.15. The molecule has 0 aliphatic heterocycles. The van der Waals surface area contributed by atoms with E-state index in [1.54, 1.807) is 11.8 Å². The fourth-order valence-electron chi connectivity index (χ4n) is 1.98. The molecule has 1 aromatic carbocycles. The number of halogens is 1. The van der Waals surface area contributed by atoms with E-state index in [9.17, 15) is 0 Å². The summed E-state index contributed by atoms with van der Waals surface area (Å²) in [5.41, 5.74) is 1.69. The molecule has 2 aromatic heterocycles. The van der Waals surface area contributed by atoms with Crippen molar-refractivity contribution in [3.8, 4) is 11.6 Å². The van der Waals surface area contributed by atoms with Crippen molar-refractivity contribution in [1.82, 2.24) is 9.38 Å². The number of fused-ring (bicyclic) bond motifs is 1. The van der Waals surface area contributed by atoms with Crippen LogP contribution in [0, 0.1) is 0 Å². The maximum atomic E-state index is 6.02. The second kappa shape index (κ2) is 5.77. The summed E-state index contributed by atoms with van der Waals surface area (Å²) in [6.45, 7) is 0. The van der Waals surface area contributed by atoms with Gasteiger partial charge in [-0.1, -0.05) is 6.07 Å². The Labute approximate surface area is 126 Å². The Bertz CT molecular complexity index is 724. The lowest BCUT2D eigenvalue weighted by atomic mass is 10.3. The zero-order chi connectivity index (χ0) is 13.9. The van der Waals surface area contributed by atoms with Gasteiger partial charge < -0.3 is 4.74 Å². The normalized spacial score (nSPS) is 10.9. The van der Waals surface area contributed by atoms with E-state index in [2.05, 4.69) is 4.98 Å². The van der Waals surface area contributed by atoms with Crippen molar-refractivity contribution in [2.75, 3.05) is 6.26 Å². The molecular weight excluding hydrogens is 292 g/mol. The monoisotopic (exact) mass is 304 g/mol. The van der Waals surface area contributed by atoms with Crippen LogP contribution in [0.5, 0.6) is 11.6 Å². The Hall–Kier alpha value is -1.65. The topological polar surface area (TPSA) is 26.5 Å². The number of pyridine rings is 1. The second-order valence-corrected chi connectivity index (χ2v) is 5.35. The summed E-state index contributed by atoms with van der Waals surface area (Å²) in [5.74, 6) is 1.67. The summed E-state index contributed by atoms with van der Waals surface area (Å²) in [7, 11) is 0. The average Bonchev–Trinajstić information content (AvgIpc) is 2.85. The molecule has 0 atom stereocenters. The van der Waals surface area contributed by atoms with E-state index in [1.165, 1.54) is 4.90 Å². The van der Waals surface area contributed by atoms with Crippen LogP contribution >= 0.6 is 23.4 Å². The fraction of sp³-hybridized carbons (Fsp3) is 0.133. The van der Waals surface area contributed by atoms with E-state index in [0.29, 0.717) is 11.8 Å². The van der Waals surface area contributed by atoms with E-state index >= 15 is 0 Å². The van der Waals surface area contributed by atoms with Gasteiger partial charge in [-0.15, -0.1) is 23.4 Å². The number of rotatable bonds is 4. The minimum absolute atomic E-state index is 0.351. The smallest absolute Gasteiger partial charge is 0.242 e. The number of benzene rings is 1. The first-order valence-corrected chi connectivity index (χ1v) is 7.91. The molecule has 0 saturated heterocycles. The molecule has 0 radical (unpaired) electrons. The molecule has 5 heteroatoms. The molecule has 0 aliphatic carbocycles. The molecule has 3 nitrogen and oxygen atoms in total. The summed E-state index contributed by atoms with van der Waals surface area (Å²) >= 11 is 7.72. The predicted octanol–water partition coefficient (Wildman–Crippen LogP) is 4.59. The third-order valence-corrected chi connectivity index (χ3v) is 3.99. The highest BCUT2D eigenvalue weighted by Crippen LogP contribution is 2.28. The molecule has 0 spiro atoms. The van der Waals surface area contributed by atoms with E-state index in [4.69, 9.17) is 16.3 Å². The number of ether oxygens (including phenoxy) is 1. The van der Waals surface area contributed by atoms with Crippen LogP contribution in [0.2, 0.25) is 0 Å². The van der Waals surface area contributed by atoms with Crippen LogP contribution in [0.1, 0.15) is 5.69 Å². The van der Waals surface area contributed by atoms with Crippen LogP contribution in [-0.2, 0) is 5.88 Å². The molecule has 2 heterocycles. The molecule has 20 heavy (non-hydrogen) atoms. The van der Waals surface area contributed by atoms with Gasteiger partial charge in [-0.05, 0) is 42.7 Å². The standard InChI is InChI=1S/C15H13ClN2OS/c1-20-12-7-5-11(6-8-12)19-15-13(10-16)18-9-3-2-4-14(18)17-15/h2-9H,10H2,1H3. The van der Waals surface area contributed by atoms with Crippen molar-refractivity contribution in [1.29, 1.82) is 0 Å². The highest BCUT2D eigenvalue weighted by Gasteiger charge is 2.12. The summed E-state index contributed by atoms with van der Waals surface area (Å²) in [4.78, 5) is 5.67. The van der Waals surface area contributed by atoms with Crippen molar-refractivity contribution in [2.24, 2.45) is 0 Å². The van der Waals surface area contributed by atoms with Gasteiger partial charge >= 0.3 is 0 Å². The lowest BCUT2D eigenvalue weighted by Gasteiger charge is -2.05. The van der Waals surface area contributed by atoms with Crippen LogP contribution in [0.4, 0.5) is 0 Å². The highest BCUT2D eigenvalue weighted by atomic mass is 35.5. The van der Waals surface area contributed by atoms with Gasteiger partial charge in [-0.3, -0.25) is 4.40 Å². The van der Waals surface area contributed by atoms with Crippen molar-refractivity contribution in [3.05, 3.63) is 54.4 Å². The Kier molecular flexibility index (Phi) is 3.85. The largest absolute Gasteiger partial charge is 0.437 e. The zero-order valence-electron chi connectivity index (χ0n) is 10.9. The van der Waals surface area contributed by atoms with Crippen LogP contribution in [0.15, 0.2) is 53.6 Å². The predicted molar refractivity (Wildman–Crippen MR) is 83.0 cm³/mol. The highest BCUT2D eigenvalue weighted by molar-refractivity contribution is 7.98. The molecule has 0 aliphatic rings. The van der Waals surface area contributed by atoms with Gasteiger partial charge in [-0.25, -0.2) is 0 Å². The van der Waals surface area contributed by atoms with Crippen molar-refractivity contribution in [3.63, 3.8) is 0 Å². The minimum Gasteiger partial charge on any atom is -0.437 e. The Balaban J connectivity index is 1.96. The SMILES string of the molecule is CSc1ccc(Oc2nc3ccccn3c2CCl)cc1. The lowest BCUT2D eigenvalue weighted by molar-refractivity contribution is 0.461. The van der Waals surface area contributed by atoms with Gasteiger partial charge in [0.2, 0.25) is 5.88 Å². The van der Waals surface area contributed by atoms with Gasteiger partial charge in [0.1, 0.15) is 17.1 Å². The van der Waals surface area contributed by atoms with Gasteiger partial charge in [-0.2, -0.15) is 4.98 Å². The number of thioether (sulfide) groups is 1. The molecule has 3 aromatic rings. The molecular formula is C15H13ClN2OS. The van der Waals surface area contributed by atoms with Gasteiger partial charge in [0, 0.05) is 11.1 Å². The number of aromatic nitrogens is 2. The van der Waals surface area contributed by atoms with Gasteiger partial charge in [0.15, 0.2) is 0 Å². The average molecular weight is 305 g/mol. The first-order chi connectivity index (χ1) is 9.81. The summed E-state index contributed by atoms with van der Waals surface area (Å²) < 4.78 is 7.80. The van der Waals surface area contributed by atoms with E-state index in [1.807, 2.05) is 59.3 Å². The van der Waals surface area contributed by atoms with Crippen molar-refractivity contribution >= 4 is 29.0 Å². The second-order valence-electron chi connectivity index (χ2n) is 4.20. The third kappa shape index (κ3) is 2.49. The van der Waals surface area contributed by atoms with E-state index < -0.39 is 0 Å². The number of alkyl halides is 1. The van der Waals surface area contributed by atoms with Crippen LogP contribution in [0.3, 0.4) is 0 Å². The molecule has 0 amide bonds. The van der Waals surface area contributed by atoms with Crippen molar-refractivity contribution in [2.45, 2.75) is 10.8 Å². The van der Waals surface area contributed by atoms with Crippen LogP contribution in [0.25, 0.3) is 5.65 Å². The third-order valence-electron chi connectivity index (χ3n) is 2.99. The summed E-state index contributed by atoms with van der Waals surface area (Å²) in [5, 5.41) is 0. The minimum atomic E-state index is 0.351. The zero-order valence-corrected chi connectivity index (χ0v) is 12.5. The maximum Gasteiger partial charge on any atom is 0.242 e. The number of nitrogens with zero attached hydrogens (tertiary/aromatic N) is 2. The fourth-order valence-corrected chi connectivity index (χ4v) is 2.64. The Morgan fingerprint density at radius 1 is 1.20 bits per heavy atom. The number of hydrogen-bond donors (Lipinski definition) is 0. The Morgan fingerprint density at radius 3 is 2.70 bits per heavy atom. The van der Waals surface area contributed by atoms with Gasteiger partial charge in [0.05, 0.1) is 5.88 Å². The molecule has 0 fully saturated rings. The first kappa shape index (κ1) is 13.3. The van der Waals surface area contributed by atoms with Crippen molar-refractivity contribution < 1.29 is 4.74 Å². The summed E-state index contributed by atoms with van der Waals surface area (Å²) in [6, 6.07) is 13.7. The van der Waals surface area contributed by atoms with Crippen LogP contribution in [-0.4, -0.2) is 15.6 Å². The molecule has 102 valence electrons. The molecule has 3 rings (SSSR count).